The minimum absolute atomic E-state index is 0.0000280. The first-order valence-corrected chi connectivity index (χ1v) is 7.10. The molecule has 1 aromatic heterocycles. The fourth-order valence-electron chi connectivity index (χ4n) is 2.50. The Morgan fingerprint density at radius 2 is 1.95 bits per heavy atom. The Balaban J connectivity index is 1.99. The van der Waals surface area contributed by atoms with E-state index in [1.807, 2.05) is 17.9 Å². The molecular formula is C15H24N4O. The summed E-state index contributed by atoms with van der Waals surface area (Å²) < 4.78 is 0. The van der Waals surface area contributed by atoms with Gasteiger partial charge in [-0.1, -0.05) is 0 Å². The first-order valence-electron chi connectivity index (χ1n) is 7.10. The largest absolute Gasteiger partial charge is 0.336 e. The van der Waals surface area contributed by atoms with Gasteiger partial charge in [-0.2, -0.15) is 0 Å². The molecule has 0 radical (unpaired) electrons. The first-order chi connectivity index (χ1) is 9.44. The SMILES string of the molecule is Cc1cncc(C(=O)N2CCN(C(C)(C)CN)CC2)c1. The summed E-state index contributed by atoms with van der Waals surface area (Å²) in [6, 6.07) is 1.89. The van der Waals surface area contributed by atoms with E-state index in [2.05, 4.69) is 23.7 Å². The molecule has 1 aliphatic heterocycles. The van der Waals surface area contributed by atoms with Crippen LogP contribution >= 0.6 is 0 Å². The highest BCUT2D eigenvalue weighted by Crippen LogP contribution is 2.17. The van der Waals surface area contributed by atoms with Crippen molar-refractivity contribution in [2.45, 2.75) is 26.3 Å². The Kier molecular flexibility index (Phi) is 4.40. The number of carbonyl (C=O) groups is 1. The van der Waals surface area contributed by atoms with Crippen molar-refractivity contribution < 1.29 is 4.79 Å². The van der Waals surface area contributed by atoms with Crippen LogP contribution in [0.25, 0.3) is 0 Å². The zero-order valence-corrected chi connectivity index (χ0v) is 12.6. The van der Waals surface area contributed by atoms with E-state index >= 15 is 0 Å². The van der Waals surface area contributed by atoms with E-state index in [4.69, 9.17) is 5.73 Å². The maximum atomic E-state index is 12.4. The second-order valence-corrected chi connectivity index (χ2v) is 6.05. The van der Waals surface area contributed by atoms with Crippen molar-refractivity contribution in [1.29, 1.82) is 0 Å². The molecule has 0 saturated carbocycles. The van der Waals surface area contributed by atoms with E-state index in [1.165, 1.54) is 0 Å². The summed E-state index contributed by atoms with van der Waals surface area (Å²) in [5.41, 5.74) is 7.50. The van der Waals surface area contributed by atoms with Crippen molar-refractivity contribution in [3.05, 3.63) is 29.6 Å². The first kappa shape index (κ1) is 14.9. The average molecular weight is 276 g/mol. The maximum absolute atomic E-state index is 12.4. The molecule has 2 heterocycles. The zero-order chi connectivity index (χ0) is 14.8. The highest BCUT2D eigenvalue weighted by molar-refractivity contribution is 5.94. The van der Waals surface area contributed by atoms with Crippen LogP contribution in [0.2, 0.25) is 0 Å². The van der Waals surface area contributed by atoms with Gasteiger partial charge in [0.1, 0.15) is 0 Å². The number of aromatic nitrogens is 1. The molecule has 1 aromatic rings. The molecule has 110 valence electrons. The highest BCUT2D eigenvalue weighted by Gasteiger charge is 2.30. The van der Waals surface area contributed by atoms with E-state index < -0.39 is 0 Å². The van der Waals surface area contributed by atoms with Crippen LogP contribution in [0, 0.1) is 6.92 Å². The molecule has 0 atom stereocenters. The number of nitrogens with two attached hydrogens (primary N) is 1. The summed E-state index contributed by atoms with van der Waals surface area (Å²) in [7, 11) is 0. The van der Waals surface area contributed by atoms with Gasteiger partial charge in [0, 0.05) is 50.7 Å². The van der Waals surface area contributed by atoms with Crippen molar-refractivity contribution in [2.75, 3.05) is 32.7 Å². The minimum atomic E-state index is 0.0000280. The predicted molar refractivity (Wildman–Crippen MR) is 79.6 cm³/mol. The molecule has 5 heteroatoms. The molecular weight excluding hydrogens is 252 g/mol. The van der Waals surface area contributed by atoms with E-state index in [9.17, 15) is 4.79 Å². The van der Waals surface area contributed by atoms with Crippen LogP contribution < -0.4 is 5.73 Å². The molecule has 0 bridgehead atoms. The van der Waals surface area contributed by atoms with E-state index in [-0.39, 0.29) is 11.4 Å². The van der Waals surface area contributed by atoms with Crippen LogP contribution in [-0.4, -0.2) is 59.0 Å². The molecule has 0 unspecified atom stereocenters. The molecule has 0 aliphatic carbocycles. The predicted octanol–water partition coefficient (Wildman–Crippen LogP) is 0.885. The maximum Gasteiger partial charge on any atom is 0.255 e. The van der Waals surface area contributed by atoms with Crippen LogP contribution in [0.15, 0.2) is 18.5 Å². The van der Waals surface area contributed by atoms with Gasteiger partial charge in [0.15, 0.2) is 0 Å². The van der Waals surface area contributed by atoms with Gasteiger partial charge < -0.3 is 10.6 Å². The average Bonchev–Trinajstić information content (AvgIpc) is 2.46. The van der Waals surface area contributed by atoms with Gasteiger partial charge in [0.05, 0.1) is 5.56 Å². The van der Waals surface area contributed by atoms with E-state index in [1.54, 1.807) is 12.4 Å². The lowest BCUT2D eigenvalue weighted by atomic mass is 10.0. The molecule has 1 saturated heterocycles. The van der Waals surface area contributed by atoms with Crippen LogP contribution in [-0.2, 0) is 0 Å². The molecule has 2 rings (SSSR count). The van der Waals surface area contributed by atoms with Gasteiger partial charge >= 0.3 is 0 Å². The van der Waals surface area contributed by atoms with Gasteiger partial charge in [-0.15, -0.1) is 0 Å². The number of amides is 1. The molecule has 5 nitrogen and oxygen atoms in total. The summed E-state index contributed by atoms with van der Waals surface area (Å²) in [4.78, 5) is 20.8. The summed E-state index contributed by atoms with van der Waals surface area (Å²) in [5.74, 6) is 0.0754. The number of nitrogens with zero attached hydrogens (tertiary/aromatic N) is 3. The smallest absolute Gasteiger partial charge is 0.255 e. The lowest BCUT2D eigenvalue weighted by Gasteiger charge is -2.43. The molecule has 2 N–H and O–H groups in total. The number of aryl methyl sites for hydroxylation is 1. The Morgan fingerprint density at radius 1 is 1.30 bits per heavy atom. The van der Waals surface area contributed by atoms with Crippen molar-refractivity contribution in [3.8, 4) is 0 Å². The molecule has 1 fully saturated rings. The summed E-state index contributed by atoms with van der Waals surface area (Å²) in [6.45, 7) is 10.1. The topological polar surface area (TPSA) is 62.5 Å². The number of hydrogen-bond acceptors (Lipinski definition) is 4. The third-order valence-electron chi connectivity index (χ3n) is 4.04. The molecule has 20 heavy (non-hydrogen) atoms. The number of hydrogen-bond donors (Lipinski definition) is 1. The number of piperazine rings is 1. The Morgan fingerprint density at radius 3 is 2.50 bits per heavy atom. The lowest BCUT2D eigenvalue weighted by Crippen LogP contribution is -2.58. The van der Waals surface area contributed by atoms with E-state index in [0.717, 1.165) is 31.7 Å². The lowest BCUT2D eigenvalue weighted by molar-refractivity contribution is 0.0426. The monoisotopic (exact) mass is 276 g/mol. The standard InChI is InChI=1S/C15H24N4O/c1-12-8-13(10-17-9-12)14(20)18-4-6-19(7-5-18)15(2,3)11-16/h8-10H,4-7,11,16H2,1-3H3. The van der Waals surface area contributed by atoms with Crippen LogP contribution in [0.4, 0.5) is 0 Å². The van der Waals surface area contributed by atoms with Gasteiger partial charge in [-0.25, -0.2) is 0 Å². The number of pyridine rings is 1. The number of carbonyl (C=O) groups excluding carboxylic acids is 1. The zero-order valence-electron chi connectivity index (χ0n) is 12.6. The summed E-state index contributed by atoms with van der Waals surface area (Å²) in [5, 5.41) is 0. The van der Waals surface area contributed by atoms with Crippen LogP contribution in [0.5, 0.6) is 0 Å². The van der Waals surface area contributed by atoms with Crippen molar-refractivity contribution in [1.82, 2.24) is 14.8 Å². The third-order valence-corrected chi connectivity index (χ3v) is 4.04. The third kappa shape index (κ3) is 3.16. The summed E-state index contributed by atoms with van der Waals surface area (Å²) >= 11 is 0. The fourth-order valence-corrected chi connectivity index (χ4v) is 2.50. The van der Waals surface area contributed by atoms with E-state index in [0.29, 0.717) is 12.1 Å². The Hall–Kier alpha value is -1.46. The van der Waals surface area contributed by atoms with Crippen molar-refractivity contribution in [3.63, 3.8) is 0 Å². The molecule has 1 amide bonds. The normalized spacial score (nSPS) is 17.3. The van der Waals surface area contributed by atoms with Crippen LogP contribution in [0.3, 0.4) is 0 Å². The van der Waals surface area contributed by atoms with Gasteiger partial charge in [-0.05, 0) is 32.4 Å². The second kappa shape index (κ2) is 5.89. The highest BCUT2D eigenvalue weighted by atomic mass is 16.2. The number of rotatable bonds is 3. The Labute approximate surface area is 120 Å². The van der Waals surface area contributed by atoms with Gasteiger partial charge in [0.25, 0.3) is 5.91 Å². The van der Waals surface area contributed by atoms with Crippen LogP contribution in [0.1, 0.15) is 29.8 Å². The molecule has 1 aliphatic rings. The van der Waals surface area contributed by atoms with Crippen molar-refractivity contribution >= 4 is 5.91 Å². The van der Waals surface area contributed by atoms with Crippen molar-refractivity contribution in [2.24, 2.45) is 5.73 Å². The van der Waals surface area contributed by atoms with Gasteiger partial charge in [0.2, 0.25) is 0 Å². The quantitative estimate of drug-likeness (QED) is 0.890. The van der Waals surface area contributed by atoms with Gasteiger partial charge in [-0.3, -0.25) is 14.7 Å². The fraction of sp³-hybridized carbons (Fsp3) is 0.600. The summed E-state index contributed by atoms with van der Waals surface area (Å²) in [6.07, 6.45) is 3.41. The molecule has 0 aromatic carbocycles. The Bertz CT molecular complexity index is 479. The second-order valence-electron chi connectivity index (χ2n) is 6.05. The minimum Gasteiger partial charge on any atom is -0.336 e. The molecule has 0 spiro atoms.